The number of amides is 3. The van der Waals surface area contributed by atoms with Crippen LogP contribution in [0.1, 0.15) is 31.4 Å². The van der Waals surface area contributed by atoms with Crippen LogP contribution < -0.4 is 10.6 Å². The molecular formula is C22H25ClN4O3. The average molecular weight is 429 g/mol. The molecule has 3 rings (SSSR count). The number of oxime groups is 1. The Morgan fingerprint density at radius 1 is 1.13 bits per heavy atom. The van der Waals surface area contributed by atoms with E-state index in [0.29, 0.717) is 31.0 Å². The molecule has 1 aliphatic heterocycles. The zero-order valence-corrected chi connectivity index (χ0v) is 17.6. The number of anilines is 1. The van der Waals surface area contributed by atoms with Crippen molar-refractivity contribution < 1.29 is 14.4 Å². The number of hydrogen-bond donors (Lipinski definition) is 2. The fraction of sp³-hybridized carbons (Fsp3) is 0.318. The van der Waals surface area contributed by atoms with Gasteiger partial charge >= 0.3 is 6.03 Å². The molecule has 2 aromatic carbocycles. The van der Waals surface area contributed by atoms with Crippen molar-refractivity contribution in [3.63, 3.8) is 0 Å². The minimum Gasteiger partial charge on any atom is -0.386 e. The van der Waals surface area contributed by atoms with Crippen LogP contribution in [0.5, 0.6) is 0 Å². The molecule has 1 aliphatic rings. The molecule has 0 radical (unpaired) electrons. The summed E-state index contributed by atoms with van der Waals surface area (Å²) in [7, 11) is 0. The monoisotopic (exact) mass is 428 g/mol. The standard InChI is InChI=1S/C22H25ClN4O3/c1-16(17-6-5-7-18(23)14-17)24-21(28)15-30-26-20-10-12-27(13-11-20)22(29)25-19-8-3-2-4-9-19/h2-9,14,16H,10-13,15H2,1H3,(H,24,28)(H,25,29). The number of carbonyl (C=O) groups excluding carboxylic acids is 2. The van der Waals surface area contributed by atoms with Crippen LogP contribution >= 0.6 is 11.6 Å². The highest BCUT2D eigenvalue weighted by molar-refractivity contribution is 6.30. The average Bonchev–Trinajstić information content (AvgIpc) is 2.75. The van der Waals surface area contributed by atoms with Crippen molar-refractivity contribution in [2.45, 2.75) is 25.8 Å². The van der Waals surface area contributed by atoms with Crippen molar-refractivity contribution >= 4 is 34.9 Å². The highest BCUT2D eigenvalue weighted by Gasteiger charge is 2.20. The predicted octanol–water partition coefficient (Wildman–Crippen LogP) is 4.22. The van der Waals surface area contributed by atoms with Crippen LogP contribution in [0.2, 0.25) is 5.02 Å². The lowest BCUT2D eigenvalue weighted by molar-refractivity contribution is -0.126. The zero-order valence-electron chi connectivity index (χ0n) is 16.8. The van der Waals surface area contributed by atoms with Gasteiger partial charge in [0.2, 0.25) is 0 Å². The van der Waals surface area contributed by atoms with E-state index in [1.165, 1.54) is 0 Å². The van der Waals surface area contributed by atoms with Crippen molar-refractivity contribution in [3.8, 4) is 0 Å². The smallest absolute Gasteiger partial charge is 0.321 e. The third kappa shape index (κ3) is 6.49. The maximum atomic E-state index is 12.3. The Balaban J connectivity index is 1.38. The molecule has 1 unspecified atom stereocenters. The van der Waals surface area contributed by atoms with Crippen LogP contribution in [0.15, 0.2) is 59.8 Å². The summed E-state index contributed by atoms with van der Waals surface area (Å²) in [5.74, 6) is -0.258. The summed E-state index contributed by atoms with van der Waals surface area (Å²) in [6.45, 7) is 2.83. The lowest BCUT2D eigenvalue weighted by atomic mass is 10.1. The van der Waals surface area contributed by atoms with Crippen molar-refractivity contribution in [1.29, 1.82) is 0 Å². The number of likely N-dealkylation sites (tertiary alicyclic amines) is 1. The highest BCUT2D eigenvalue weighted by atomic mass is 35.5. The van der Waals surface area contributed by atoms with E-state index in [9.17, 15) is 9.59 Å². The Bertz CT molecular complexity index is 894. The molecule has 2 N–H and O–H groups in total. The summed E-state index contributed by atoms with van der Waals surface area (Å²) in [4.78, 5) is 31.3. The maximum Gasteiger partial charge on any atom is 0.321 e. The number of nitrogens with one attached hydrogen (secondary N) is 2. The van der Waals surface area contributed by atoms with Gasteiger partial charge in [0.05, 0.1) is 11.8 Å². The summed E-state index contributed by atoms with van der Waals surface area (Å²) < 4.78 is 0. The number of hydrogen-bond acceptors (Lipinski definition) is 4. The third-order valence-corrected chi connectivity index (χ3v) is 5.00. The predicted molar refractivity (Wildman–Crippen MR) is 118 cm³/mol. The van der Waals surface area contributed by atoms with E-state index in [1.807, 2.05) is 55.5 Å². The summed E-state index contributed by atoms with van der Waals surface area (Å²) in [5.41, 5.74) is 2.53. The van der Waals surface area contributed by atoms with E-state index < -0.39 is 0 Å². The Kier molecular flexibility index (Phi) is 7.68. The Hall–Kier alpha value is -3.06. The van der Waals surface area contributed by atoms with Crippen molar-refractivity contribution in [3.05, 3.63) is 65.2 Å². The van der Waals surface area contributed by atoms with E-state index in [4.69, 9.17) is 16.4 Å². The molecule has 2 aromatic rings. The fourth-order valence-electron chi connectivity index (χ4n) is 3.11. The molecule has 158 valence electrons. The Morgan fingerprint density at radius 2 is 1.87 bits per heavy atom. The number of urea groups is 1. The van der Waals surface area contributed by atoms with Gasteiger partial charge in [-0.2, -0.15) is 0 Å². The van der Waals surface area contributed by atoms with Gasteiger partial charge < -0.3 is 20.4 Å². The van der Waals surface area contributed by atoms with Gasteiger partial charge in [-0.15, -0.1) is 0 Å². The van der Waals surface area contributed by atoms with Crippen molar-refractivity contribution in [2.75, 3.05) is 25.0 Å². The summed E-state index contributed by atoms with van der Waals surface area (Å²) in [6.07, 6.45) is 1.23. The van der Waals surface area contributed by atoms with E-state index >= 15 is 0 Å². The maximum absolute atomic E-state index is 12.3. The van der Waals surface area contributed by atoms with E-state index in [1.54, 1.807) is 11.0 Å². The second-order valence-electron chi connectivity index (χ2n) is 7.06. The van der Waals surface area contributed by atoms with Gasteiger partial charge in [0, 0.05) is 36.6 Å². The molecule has 1 heterocycles. The summed E-state index contributed by atoms with van der Waals surface area (Å²) in [6, 6.07) is 16.4. The number of carbonyl (C=O) groups is 2. The van der Waals surface area contributed by atoms with E-state index in [0.717, 1.165) is 17.0 Å². The van der Waals surface area contributed by atoms with Gasteiger partial charge in [0.1, 0.15) is 0 Å². The van der Waals surface area contributed by atoms with Gasteiger partial charge in [0.25, 0.3) is 5.91 Å². The summed E-state index contributed by atoms with van der Waals surface area (Å²) >= 11 is 5.98. The molecule has 0 saturated carbocycles. The molecule has 0 spiro atoms. The van der Waals surface area contributed by atoms with Crippen LogP contribution in [0.3, 0.4) is 0 Å². The third-order valence-electron chi connectivity index (χ3n) is 4.77. The van der Waals surface area contributed by atoms with Gasteiger partial charge in [-0.1, -0.05) is 47.1 Å². The van der Waals surface area contributed by atoms with Crippen LogP contribution in [-0.2, 0) is 9.63 Å². The SMILES string of the molecule is CC(NC(=O)CON=C1CCN(C(=O)Nc2ccccc2)CC1)c1cccc(Cl)c1. The largest absolute Gasteiger partial charge is 0.386 e. The minimum absolute atomic E-state index is 0.129. The molecule has 0 aliphatic carbocycles. The molecule has 8 heteroatoms. The first kappa shape index (κ1) is 21.6. The number of rotatable bonds is 6. The van der Waals surface area contributed by atoms with E-state index in [-0.39, 0.29) is 24.6 Å². The zero-order chi connectivity index (χ0) is 21.3. The summed E-state index contributed by atoms with van der Waals surface area (Å²) in [5, 5.41) is 10.4. The van der Waals surface area contributed by atoms with Crippen LogP contribution in [0.25, 0.3) is 0 Å². The Labute approximate surface area is 181 Å². The van der Waals surface area contributed by atoms with Crippen molar-refractivity contribution in [2.24, 2.45) is 5.16 Å². The van der Waals surface area contributed by atoms with Crippen LogP contribution in [0, 0.1) is 0 Å². The van der Waals surface area contributed by atoms with Gasteiger partial charge in [-0.25, -0.2) is 4.79 Å². The first-order valence-electron chi connectivity index (χ1n) is 9.85. The first-order valence-corrected chi connectivity index (χ1v) is 10.2. The van der Waals surface area contributed by atoms with Gasteiger partial charge in [-0.3, -0.25) is 4.79 Å². The molecule has 30 heavy (non-hydrogen) atoms. The topological polar surface area (TPSA) is 83.0 Å². The lowest BCUT2D eigenvalue weighted by Gasteiger charge is -2.27. The number of halogens is 1. The quantitative estimate of drug-likeness (QED) is 0.676. The Morgan fingerprint density at radius 3 is 2.57 bits per heavy atom. The lowest BCUT2D eigenvalue weighted by Crippen LogP contribution is -2.41. The second-order valence-corrected chi connectivity index (χ2v) is 7.49. The molecular weight excluding hydrogens is 404 g/mol. The van der Waals surface area contributed by atoms with Crippen molar-refractivity contribution in [1.82, 2.24) is 10.2 Å². The second kappa shape index (κ2) is 10.6. The first-order chi connectivity index (χ1) is 14.5. The number of benzene rings is 2. The molecule has 1 atom stereocenters. The van der Waals surface area contributed by atoms with Crippen LogP contribution in [-0.4, -0.2) is 42.2 Å². The molecule has 0 bridgehead atoms. The molecule has 3 amide bonds. The fourth-order valence-corrected chi connectivity index (χ4v) is 3.31. The van der Waals surface area contributed by atoms with Gasteiger partial charge in [0.15, 0.2) is 6.61 Å². The highest BCUT2D eigenvalue weighted by Crippen LogP contribution is 2.17. The molecule has 1 fully saturated rings. The number of para-hydroxylation sites is 1. The van der Waals surface area contributed by atoms with Crippen LogP contribution in [0.4, 0.5) is 10.5 Å². The number of piperidine rings is 1. The molecule has 1 saturated heterocycles. The van der Waals surface area contributed by atoms with Gasteiger partial charge in [-0.05, 0) is 36.8 Å². The molecule has 0 aromatic heterocycles. The molecule has 7 nitrogen and oxygen atoms in total. The minimum atomic E-state index is -0.258. The normalized spacial score (nSPS) is 14.6. The van der Waals surface area contributed by atoms with E-state index in [2.05, 4.69) is 15.8 Å². The number of nitrogens with zero attached hydrogens (tertiary/aromatic N) is 2.